The van der Waals surface area contributed by atoms with Gasteiger partial charge in [-0.15, -0.1) is 0 Å². The molecular weight excluding hydrogens is 318 g/mol. The van der Waals surface area contributed by atoms with Gasteiger partial charge in [-0.05, 0) is 18.6 Å². The Labute approximate surface area is 149 Å². The summed E-state index contributed by atoms with van der Waals surface area (Å²) in [5.74, 6) is 0.785. The number of nitrogens with zero attached hydrogens (tertiary/aromatic N) is 2. The Bertz CT molecular complexity index is 608. The molecule has 0 bridgehead atoms. The fourth-order valence-corrected chi connectivity index (χ4v) is 2.72. The lowest BCUT2D eigenvalue weighted by atomic mass is 10.2. The Balaban J connectivity index is 1.81. The smallest absolute Gasteiger partial charge is 0.246 e. The van der Waals surface area contributed by atoms with Gasteiger partial charge in [-0.25, -0.2) is 0 Å². The van der Waals surface area contributed by atoms with Crippen LogP contribution < -0.4 is 10.1 Å². The van der Waals surface area contributed by atoms with Crippen LogP contribution in [0.2, 0.25) is 0 Å². The second-order valence-electron chi connectivity index (χ2n) is 6.03. The van der Waals surface area contributed by atoms with Crippen LogP contribution >= 0.6 is 0 Å². The summed E-state index contributed by atoms with van der Waals surface area (Å²) in [5.41, 5.74) is 0.879. The highest BCUT2D eigenvalue weighted by Crippen LogP contribution is 2.18. The Kier molecular flexibility index (Phi) is 7.47. The van der Waals surface area contributed by atoms with Gasteiger partial charge >= 0.3 is 0 Å². The van der Waals surface area contributed by atoms with Crippen molar-refractivity contribution in [1.82, 2.24) is 15.1 Å². The van der Waals surface area contributed by atoms with Crippen LogP contribution in [0.25, 0.3) is 6.08 Å². The van der Waals surface area contributed by atoms with Gasteiger partial charge in [0.15, 0.2) is 0 Å². The number of para-hydroxylation sites is 1. The molecule has 0 saturated carbocycles. The third kappa shape index (κ3) is 5.90. The van der Waals surface area contributed by atoms with Crippen molar-refractivity contribution < 1.29 is 14.3 Å². The van der Waals surface area contributed by atoms with Crippen LogP contribution in [-0.4, -0.2) is 68.0 Å². The Morgan fingerprint density at radius 2 is 1.92 bits per heavy atom. The predicted octanol–water partition coefficient (Wildman–Crippen LogP) is 1.38. The number of methoxy groups -OCH3 is 1. The fourth-order valence-electron chi connectivity index (χ4n) is 2.72. The van der Waals surface area contributed by atoms with Crippen molar-refractivity contribution in [2.24, 2.45) is 0 Å². The summed E-state index contributed by atoms with van der Waals surface area (Å²) in [7, 11) is 1.62. The number of carbonyl (C=O) groups is 2. The van der Waals surface area contributed by atoms with Crippen molar-refractivity contribution >= 4 is 17.9 Å². The highest BCUT2D eigenvalue weighted by Gasteiger charge is 2.21. The van der Waals surface area contributed by atoms with Crippen molar-refractivity contribution in [2.75, 3.05) is 46.4 Å². The molecule has 1 aromatic carbocycles. The maximum Gasteiger partial charge on any atom is 0.246 e. The van der Waals surface area contributed by atoms with E-state index in [1.807, 2.05) is 36.1 Å². The minimum absolute atomic E-state index is 0.0130. The van der Waals surface area contributed by atoms with E-state index in [1.165, 1.54) is 0 Å². The van der Waals surface area contributed by atoms with Gasteiger partial charge < -0.3 is 15.0 Å². The molecule has 1 heterocycles. The minimum Gasteiger partial charge on any atom is -0.496 e. The van der Waals surface area contributed by atoms with Crippen molar-refractivity contribution in [3.05, 3.63) is 35.9 Å². The molecular formula is C19H27N3O3. The zero-order valence-electron chi connectivity index (χ0n) is 15.0. The Hall–Kier alpha value is -2.34. The first-order chi connectivity index (χ1) is 12.1. The van der Waals surface area contributed by atoms with Crippen LogP contribution in [0.1, 0.15) is 18.9 Å². The fraction of sp³-hybridized carbons (Fsp3) is 0.474. The van der Waals surface area contributed by atoms with E-state index in [1.54, 1.807) is 19.3 Å². The average Bonchev–Trinajstić information content (AvgIpc) is 2.65. The standard InChI is InChI=1S/C19H27N3O3/c1-3-10-20-18(23)15-21-11-13-22(14-12-21)19(24)9-8-16-6-4-5-7-17(16)25-2/h4-9H,3,10-15H2,1-2H3,(H,20,23)/b9-8+. The van der Waals surface area contributed by atoms with Crippen LogP contribution in [0.3, 0.4) is 0 Å². The molecule has 0 atom stereocenters. The van der Waals surface area contributed by atoms with Gasteiger partial charge in [0.25, 0.3) is 0 Å². The van der Waals surface area contributed by atoms with Crippen molar-refractivity contribution in [3.63, 3.8) is 0 Å². The lowest BCUT2D eigenvalue weighted by Crippen LogP contribution is -2.50. The van der Waals surface area contributed by atoms with Crippen LogP contribution in [-0.2, 0) is 9.59 Å². The Morgan fingerprint density at radius 3 is 2.60 bits per heavy atom. The summed E-state index contributed by atoms with van der Waals surface area (Å²) in [4.78, 5) is 28.0. The van der Waals surface area contributed by atoms with E-state index in [-0.39, 0.29) is 11.8 Å². The number of carbonyl (C=O) groups excluding carboxylic acids is 2. The molecule has 0 radical (unpaired) electrons. The van der Waals surface area contributed by atoms with Crippen molar-refractivity contribution in [3.8, 4) is 5.75 Å². The number of ether oxygens (including phenoxy) is 1. The lowest BCUT2D eigenvalue weighted by molar-refractivity contribution is -0.128. The van der Waals surface area contributed by atoms with Gasteiger partial charge in [0.1, 0.15) is 5.75 Å². The molecule has 1 saturated heterocycles. The first-order valence-corrected chi connectivity index (χ1v) is 8.73. The van der Waals surface area contributed by atoms with E-state index < -0.39 is 0 Å². The largest absolute Gasteiger partial charge is 0.496 e. The summed E-state index contributed by atoms with van der Waals surface area (Å²) in [6, 6.07) is 7.59. The van der Waals surface area contributed by atoms with Gasteiger partial charge in [0.05, 0.1) is 13.7 Å². The molecule has 0 unspecified atom stereocenters. The van der Waals surface area contributed by atoms with Crippen LogP contribution in [0, 0.1) is 0 Å². The van der Waals surface area contributed by atoms with Crippen LogP contribution in [0.5, 0.6) is 5.75 Å². The van der Waals surface area contributed by atoms with E-state index in [2.05, 4.69) is 10.2 Å². The molecule has 1 aliphatic rings. The van der Waals surface area contributed by atoms with Gasteiger partial charge in [-0.1, -0.05) is 25.1 Å². The predicted molar refractivity (Wildman–Crippen MR) is 98.3 cm³/mol. The number of hydrogen-bond donors (Lipinski definition) is 1. The number of piperazine rings is 1. The zero-order valence-corrected chi connectivity index (χ0v) is 15.0. The molecule has 2 amide bonds. The van der Waals surface area contributed by atoms with Gasteiger partial charge in [0.2, 0.25) is 11.8 Å². The van der Waals surface area contributed by atoms with Gasteiger partial charge in [-0.2, -0.15) is 0 Å². The van der Waals surface area contributed by atoms with Crippen molar-refractivity contribution in [1.29, 1.82) is 0 Å². The van der Waals surface area contributed by atoms with E-state index in [9.17, 15) is 9.59 Å². The number of nitrogens with one attached hydrogen (secondary N) is 1. The summed E-state index contributed by atoms with van der Waals surface area (Å²) in [6.45, 7) is 5.85. The number of benzene rings is 1. The third-order valence-corrected chi connectivity index (χ3v) is 4.17. The first kappa shape index (κ1) is 19.0. The molecule has 2 rings (SSSR count). The molecule has 0 aliphatic carbocycles. The molecule has 1 fully saturated rings. The molecule has 6 nitrogen and oxygen atoms in total. The van der Waals surface area contributed by atoms with Crippen LogP contribution in [0.4, 0.5) is 0 Å². The SMILES string of the molecule is CCCNC(=O)CN1CCN(C(=O)/C=C/c2ccccc2OC)CC1. The number of rotatable bonds is 7. The first-order valence-electron chi connectivity index (χ1n) is 8.73. The summed E-state index contributed by atoms with van der Waals surface area (Å²) in [6.07, 6.45) is 4.31. The molecule has 1 aliphatic heterocycles. The topological polar surface area (TPSA) is 61.9 Å². The van der Waals surface area contributed by atoms with E-state index in [0.29, 0.717) is 39.3 Å². The molecule has 1 aromatic rings. The summed E-state index contributed by atoms with van der Waals surface area (Å²) in [5, 5.41) is 2.88. The summed E-state index contributed by atoms with van der Waals surface area (Å²) < 4.78 is 5.28. The van der Waals surface area contributed by atoms with Gasteiger partial charge in [-0.3, -0.25) is 14.5 Å². The Morgan fingerprint density at radius 1 is 1.20 bits per heavy atom. The summed E-state index contributed by atoms with van der Waals surface area (Å²) >= 11 is 0. The quantitative estimate of drug-likeness (QED) is 0.759. The normalized spacial score (nSPS) is 15.4. The minimum atomic E-state index is -0.0130. The van der Waals surface area contributed by atoms with Crippen LogP contribution in [0.15, 0.2) is 30.3 Å². The number of amides is 2. The monoisotopic (exact) mass is 345 g/mol. The van der Waals surface area contributed by atoms with Gasteiger partial charge in [0, 0.05) is 44.4 Å². The molecule has 25 heavy (non-hydrogen) atoms. The van der Waals surface area contributed by atoms with E-state index in [4.69, 9.17) is 4.74 Å². The molecule has 6 heteroatoms. The third-order valence-electron chi connectivity index (χ3n) is 4.17. The molecule has 0 spiro atoms. The molecule has 136 valence electrons. The molecule has 0 aromatic heterocycles. The average molecular weight is 345 g/mol. The van der Waals surface area contributed by atoms with Crippen molar-refractivity contribution in [2.45, 2.75) is 13.3 Å². The second-order valence-corrected chi connectivity index (χ2v) is 6.03. The van der Waals surface area contributed by atoms with E-state index >= 15 is 0 Å². The highest BCUT2D eigenvalue weighted by molar-refractivity contribution is 5.92. The maximum absolute atomic E-state index is 12.3. The lowest BCUT2D eigenvalue weighted by Gasteiger charge is -2.33. The number of hydrogen-bond acceptors (Lipinski definition) is 4. The zero-order chi connectivity index (χ0) is 18.1. The molecule has 1 N–H and O–H groups in total. The van der Waals surface area contributed by atoms with E-state index in [0.717, 1.165) is 17.7 Å². The highest BCUT2D eigenvalue weighted by atomic mass is 16.5. The second kappa shape index (κ2) is 9.84. The maximum atomic E-state index is 12.3.